The summed E-state index contributed by atoms with van der Waals surface area (Å²) in [5, 5.41) is 4.77. The van der Waals surface area contributed by atoms with Gasteiger partial charge >= 0.3 is 0 Å². The molecule has 0 fully saturated rings. The summed E-state index contributed by atoms with van der Waals surface area (Å²) in [5.74, 6) is 0. The maximum atomic E-state index is 6.07. The molecule has 1 rings (SSSR count). The van der Waals surface area contributed by atoms with Crippen LogP contribution in [0.4, 0.5) is 0 Å². The van der Waals surface area contributed by atoms with Crippen molar-refractivity contribution in [3.8, 4) is 0 Å². The molecule has 0 bridgehead atoms. The first-order valence-corrected chi connectivity index (χ1v) is 6.78. The molecule has 100 valence electrons. The number of rotatable bonds is 8. The van der Waals surface area contributed by atoms with Crippen molar-refractivity contribution in [1.29, 1.82) is 0 Å². The number of hydrogen-bond donors (Lipinski definition) is 1. The molecule has 0 radical (unpaired) electrons. The number of methoxy groups -OCH3 is 1. The molecule has 0 heterocycles. The largest absolute Gasteiger partial charge is 0.383 e. The normalized spacial score (nSPS) is 11.3. The van der Waals surface area contributed by atoms with E-state index in [-0.39, 0.29) is 0 Å². The van der Waals surface area contributed by atoms with Gasteiger partial charge in [0.15, 0.2) is 0 Å². The third-order valence-electron chi connectivity index (χ3n) is 2.48. The van der Waals surface area contributed by atoms with Gasteiger partial charge < -0.3 is 10.1 Å². The summed E-state index contributed by atoms with van der Waals surface area (Å²) in [7, 11) is 1.70. The van der Waals surface area contributed by atoms with Crippen LogP contribution in [0.1, 0.15) is 12.0 Å². The zero-order chi connectivity index (χ0) is 13.2. The molecule has 0 amide bonds. The third kappa shape index (κ3) is 6.41. The average Bonchev–Trinajstić information content (AvgIpc) is 2.36. The Morgan fingerprint density at radius 1 is 1.22 bits per heavy atom. The molecule has 0 saturated heterocycles. The van der Waals surface area contributed by atoms with Crippen molar-refractivity contribution in [2.24, 2.45) is 0 Å². The molecule has 0 aliphatic rings. The number of nitrogens with one attached hydrogen (secondary N) is 1. The van der Waals surface area contributed by atoms with E-state index in [0.717, 1.165) is 48.1 Å². The molecule has 0 aliphatic heterocycles. The van der Waals surface area contributed by atoms with Gasteiger partial charge in [0.25, 0.3) is 0 Å². The highest BCUT2D eigenvalue weighted by molar-refractivity contribution is 6.33. The van der Waals surface area contributed by atoms with Crippen molar-refractivity contribution in [2.75, 3.05) is 26.8 Å². The molecule has 4 heteroatoms. The highest BCUT2D eigenvalue weighted by atomic mass is 35.5. The summed E-state index contributed by atoms with van der Waals surface area (Å²) < 4.78 is 4.94. The van der Waals surface area contributed by atoms with Gasteiger partial charge in [-0.25, -0.2) is 0 Å². The van der Waals surface area contributed by atoms with Crippen molar-refractivity contribution in [2.45, 2.75) is 12.8 Å². The van der Waals surface area contributed by atoms with Crippen LogP contribution in [0.15, 0.2) is 30.4 Å². The highest BCUT2D eigenvalue weighted by Crippen LogP contribution is 2.21. The lowest BCUT2D eigenvalue weighted by Gasteiger charge is -2.02. The number of allylic oxidation sites excluding steroid dienone is 1. The molecular formula is C14H19Cl2NO. The fourth-order valence-corrected chi connectivity index (χ4v) is 1.90. The van der Waals surface area contributed by atoms with Crippen LogP contribution >= 0.6 is 23.2 Å². The van der Waals surface area contributed by atoms with E-state index in [9.17, 15) is 0 Å². The molecule has 1 aromatic carbocycles. The van der Waals surface area contributed by atoms with Crippen LogP contribution in [-0.4, -0.2) is 26.8 Å². The molecule has 18 heavy (non-hydrogen) atoms. The standard InChI is InChI=1S/C14H19Cl2NO/c1-18-10-9-17-8-4-2-3-5-12-11-13(15)6-7-14(12)16/h2-3,6-7,11,17H,4-5,8-10H2,1H3. The molecule has 0 aliphatic carbocycles. The molecular weight excluding hydrogens is 269 g/mol. The van der Waals surface area contributed by atoms with Gasteiger partial charge in [-0.1, -0.05) is 35.4 Å². The van der Waals surface area contributed by atoms with E-state index in [0.29, 0.717) is 0 Å². The van der Waals surface area contributed by atoms with E-state index in [2.05, 4.69) is 17.5 Å². The molecule has 2 nitrogen and oxygen atoms in total. The van der Waals surface area contributed by atoms with Gasteiger partial charge in [0.1, 0.15) is 0 Å². The quantitative estimate of drug-likeness (QED) is 0.581. The fraction of sp³-hybridized carbons (Fsp3) is 0.429. The van der Waals surface area contributed by atoms with Crippen LogP contribution in [0.3, 0.4) is 0 Å². The minimum atomic E-state index is 0.726. The number of benzene rings is 1. The predicted octanol–water partition coefficient (Wildman–Crippen LogP) is 3.72. The lowest BCUT2D eigenvalue weighted by molar-refractivity contribution is 0.199. The second-order valence-electron chi connectivity index (χ2n) is 3.94. The van der Waals surface area contributed by atoms with E-state index >= 15 is 0 Å². The topological polar surface area (TPSA) is 21.3 Å². The van der Waals surface area contributed by atoms with Gasteiger partial charge in [-0.15, -0.1) is 0 Å². The molecule has 0 aromatic heterocycles. The molecule has 0 saturated carbocycles. The Morgan fingerprint density at radius 3 is 2.83 bits per heavy atom. The van der Waals surface area contributed by atoms with Crippen LogP contribution in [-0.2, 0) is 11.2 Å². The third-order valence-corrected chi connectivity index (χ3v) is 3.09. The predicted molar refractivity (Wildman–Crippen MR) is 78.7 cm³/mol. The van der Waals surface area contributed by atoms with Gasteiger partial charge in [0, 0.05) is 23.7 Å². The first-order chi connectivity index (χ1) is 8.74. The Hall–Kier alpha value is -0.540. The summed E-state index contributed by atoms with van der Waals surface area (Å²) in [4.78, 5) is 0. The number of halogens is 2. The van der Waals surface area contributed by atoms with Crippen molar-refractivity contribution in [1.82, 2.24) is 5.32 Å². The SMILES string of the molecule is COCCNCCC=CCc1cc(Cl)ccc1Cl. The average molecular weight is 288 g/mol. The summed E-state index contributed by atoms with van der Waals surface area (Å²) in [6.45, 7) is 2.61. The second-order valence-corrected chi connectivity index (χ2v) is 4.79. The van der Waals surface area contributed by atoms with Crippen molar-refractivity contribution in [3.63, 3.8) is 0 Å². The van der Waals surface area contributed by atoms with Gasteiger partial charge in [0.2, 0.25) is 0 Å². The van der Waals surface area contributed by atoms with E-state index in [1.54, 1.807) is 13.2 Å². The first-order valence-electron chi connectivity index (χ1n) is 6.02. The minimum absolute atomic E-state index is 0.726. The summed E-state index contributed by atoms with van der Waals surface area (Å²) >= 11 is 12.0. The zero-order valence-corrected chi connectivity index (χ0v) is 12.1. The van der Waals surface area contributed by atoms with Gasteiger partial charge in [-0.2, -0.15) is 0 Å². The lowest BCUT2D eigenvalue weighted by atomic mass is 10.1. The minimum Gasteiger partial charge on any atom is -0.383 e. The summed E-state index contributed by atoms with van der Waals surface area (Å²) in [6.07, 6.45) is 6.09. The van der Waals surface area contributed by atoms with E-state index in [4.69, 9.17) is 27.9 Å². The Morgan fingerprint density at radius 2 is 2.06 bits per heavy atom. The molecule has 1 aromatic rings. The van der Waals surface area contributed by atoms with Gasteiger partial charge in [-0.3, -0.25) is 0 Å². The van der Waals surface area contributed by atoms with Crippen molar-refractivity contribution in [3.05, 3.63) is 46.0 Å². The molecule has 1 N–H and O–H groups in total. The molecule has 0 spiro atoms. The van der Waals surface area contributed by atoms with E-state index < -0.39 is 0 Å². The van der Waals surface area contributed by atoms with Crippen LogP contribution < -0.4 is 5.32 Å². The fourth-order valence-electron chi connectivity index (χ4n) is 1.51. The van der Waals surface area contributed by atoms with Crippen LogP contribution in [0.5, 0.6) is 0 Å². The molecule has 0 unspecified atom stereocenters. The Bertz CT molecular complexity index is 380. The Kier molecular flexibility index (Phi) is 8.10. The number of hydrogen-bond acceptors (Lipinski definition) is 2. The number of ether oxygens (including phenoxy) is 1. The monoisotopic (exact) mass is 287 g/mol. The highest BCUT2D eigenvalue weighted by Gasteiger charge is 1.98. The smallest absolute Gasteiger partial charge is 0.0587 e. The van der Waals surface area contributed by atoms with Gasteiger partial charge in [-0.05, 0) is 43.1 Å². The van der Waals surface area contributed by atoms with Gasteiger partial charge in [0.05, 0.1) is 6.61 Å². The maximum Gasteiger partial charge on any atom is 0.0587 e. The van der Waals surface area contributed by atoms with E-state index in [1.165, 1.54) is 0 Å². The van der Waals surface area contributed by atoms with Crippen LogP contribution in [0.25, 0.3) is 0 Å². The van der Waals surface area contributed by atoms with E-state index in [1.807, 2.05) is 12.1 Å². The van der Waals surface area contributed by atoms with Crippen molar-refractivity contribution >= 4 is 23.2 Å². The Labute approximate surface area is 119 Å². The van der Waals surface area contributed by atoms with Crippen molar-refractivity contribution < 1.29 is 4.74 Å². The first kappa shape index (κ1) is 15.5. The molecule has 0 atom stereocenters. The lowest BCUT2D eigenvalue weighted by Crippen LogP contribution is -2.19. The second kappa shape index (κ2) is 9.40. The summed E-state index contributed by atoms with van der Waals surface area (Å²) in [5.41, 5.74) is 1.06. The van der Waals surface area contributed by atoms with Crippen LogP contribution in [0, 0.1) is 0 Å². The zero-order valence-electron chi connectivity index (χ0n) is 10.6. The summed E-state index contributed by atoms with van der Waals surface area (Å²) in [6, 6.07) is 5.54. The Balaban J connectivity index is 2.21. The maximum absolute atomic E-state index is 6.07. The van der Waals surface area contributed by atoms with Crippen LogP contribution in [0.2, 0.25) is 10.0 Å².